The summed E-state index contributed by atoms with van der Waals surface area (Å²) in [5.41, 5.74) is 0.641. The van der Waals surface area contributed by atoms with Gasteiger partial charge in [-0.25, -0.2) is 4.57 Å². The molecule has 1 rings (SSSR count). The fraction of sp³-hybridized carbons (Fsp3) is 0.824. The molecule has 0 aliphatic rings. The Morgan fingerprint density at radius 3 is 1.95 bits per heavy atom. The van der Waals surface area contributed by atoms with Crippen LogP contribution in [0.25, 0.3) is 0 Å². The summed E-state index contributed by atoms with van der Waals surface area (Å²) in [5.74, 6) is 0. The molecule has 0 N–H and O–H groups in total. The molecule has 0 heterocycles. The Hall–Kier alpha value is 0.0300. The van der Waals surface area contributed by atoms with Crippen LogP contribution in [0.4, 0.5) is 0 Å². The molecular formula is C34H63O4PS2. The molecule has 1 atom stereocenters. The van der Waals surface area contributed by atoms with Gasteiger partial charge in [0.05, 0.1) is 18.3 Å². The SMILES string of the molecule is CCCCCCCC(CCCCCCC)OP(=O)(OCCc1ccccc1SSC(C)C)OC(C)(C)CCCCC. The van der Waals surface area contributed by atoms with Crippen LogP contribution < -0.4 is 0 Å². The molecular weight excluding hydrogens is 567 g/mol. The van der Waals surface area contributed by atoms with E-state index in [0.717, 1.165) is 51.4 Å². The van der Waals surface area contributed by atoms with Crippen LogP contribution in [0.2, 0.25) is 0 Å². The largest absolute Gasteiger partial charge is 0.475 e. The van der Waals surface area contributed by atoms with Crippen molar-refractivity contribution in [3.05, 3.63) is 29.8 Å². The van der Waals surface area contributed by atoms with E-state index < -0.39 is 13.4 Å². The average Bonchev–Trinajstić information content (AvgIpc) is 2.91. The quantitative estimate of drug-likeness (QED) is 0.0547. The van der Waals surface area contributed by atoms with Crippen LogP contribution >= 0.6 is 29.4 Å². The van der Waals surface area contributed by atoms with E-state index >= 15 is 0 Å². The van der Waals surface area contributed by atoms with Gasteiger partial charge in [0.1, 0.15) is 0 Å². The third-order valence-corrected chi connectivity index (χ3v) is 12.0. The van der Waals surface area contributed by atoms with Gasteiger partial charge in [-0.15, -0.1) is 0 Å². The van der Waals surface area contributed by atoms with Gasteiger partial charge in [-0.3, -0.25) is 13.6 Å². The fourth-order valence-corrected chi connectivity index (χ4v) is 8.65. The van der Waals surface area contributed by atoms with Crippen molar-refractivity contribution in [3.8, 4) is 0 Å². The molecule has 1 aromatic rings. The summed E-state index contributed by atoms with van der Waals surface area (Å²) in [6.45, 7) is 15.5. The van der Waals surface area contributed by atoms with Crippen LogP contribution in [0, 0.1) is 0 Å². The first kappa shape index (κ1) is 39.1. The molecule has 4 nitrogen and oxygen atoms in total. The van der Waals surface area contributed by atoms with E-state index in [1.165, 1.54) is 61.8 Å². The van der Waals surface area contributed by atoms with Gasteiger partial charge < -0.3 is 0 Å². The van der Waals surface area contributed by atoms with Crippen molar-refractivity contribution in [1.82, 2.24) is 0 Å². The Labute approximate surface area is 262 Å². The van der Waals surface area contributed by atoms with E-state index in [4.69, 9.17) is 13.6 Å². The molecule has 240 valence electrons. The zero-order chi connectivity index (χ0) is 30.4. The Balaban J connectivity index is 2.99. The Morgan fingerprint density at radius 1 is 0.805 bits per heavy atom. The molecule has 0 aromatic heterocycles. The highest BCUT2D eigenvalue weighted by Crippen LogP contribution is 2.55. The summed E-state index contributed by atoms with van der Waals surface area (Å²) in [6, 6.07) is 8.44. The third kappa shape index (κ3) is 19.8. The first-order chi connectivity index (χ1) is 19.6. The van der Waals surface area contributed by atoms with Crippen molar-refractivity contribution < 1.29 is 18.1 Å². The molecule has 0 radical (unpaired) electrons. The number of phosphoric acid groups is 1. The Bertz CT molecular complexity index is 804. The van der Waals surface area contributed by atoms with E-state index in [2.05, 4.69) is 58.9 Å². The number of hydrogen-bond acceptors (Lipinski definition) is 6. The Morgan fingerprint density at radius 2 is 1.37 bits per heavy atom. The van der Waals surface area contributed by atoms with E-state index in [9.17, 15) is 4.57 Å². The van der Waals surface area contributed by atoms with Gasteiger partial charge in [0.25, 0.3) is 0 Å². The molecule has 1 aromatic carbocycles. The van der Waals surface area contributed by atoms with E-state index in [-0.39, 0.29) is 6.10 Å². The topological polar surface area (TPSA) is 44.8 Å². The third-order valence-electron chi connectivity index (χ3n) is 7.20. The number of phosphoric ester groups is 1. The summed E-state index contributed by atoms with van der Waals surface area (Å²) in [6.07, 6.45) is 18.7. The highest BCUT2D eigenvalue weighted by Gasteiger charge is 2.37. The normalized spacial score (nSPS) is 13.8. The van der Waals surface area contributed by atoms with Crippen molar-refractivity contribution in [3.63, 3.8) is 0 Å². The monoisotopic (exact) mass is 630 g/mol. The maximum Gasteiger partial charge on any atom is 0.475 e. The highest BCUT2D eigenvalue weighted by molar-refractivity contribution is 8.76. The molecule has 0 aliphatic heterocycles. The van der Waals surface area contributed by atoms with E-state index in [0.29, 0.717) is 18.3 Å². The lowest BCUT2D eigenvalue weighted by molar-refractivity contribution is 0.00642. The molecule has 0 saturated carbocycles. The highest BCUT2D eigenvalue weighted by atomic mass is 33.1. The first-order valence-electron chi connectivity index (χ1n) is 16.7. The second-order valence-electron chi connectivity index (χ2n) is 12.3. The predicted molar refractivity (Wildman–Crippen MR) is 183 cm³/mol. The van der Waals surface area contributed by atoms with Crippen molar-refractivity contribution in [2.45, 2.75) is 179 Å². The van der Waals surface area contributed by atoms with Gasteiger partial charge in [-0.2, -0.15) is 0 Å². The van der Waals surface area contributed by atoms with Crippen LogP contribution in [0.15, 0.2) is 29.2 Å². The van der Waals surface area contributed by atoms with Gasteiger partial charge in [0.15, 0.2) is 0 Å². The summed E-state index contributed by atoms with van der Waals surface area (Å²) < 4.78 is 33.3. The molecule has 0 amide bonds. The van der Waals surface area contributed by atoms with E-state index in [1.54, 1.807) is 10.8 Å². The van der Waals surface area contributed by atoms with Crippen LogP contribution in [-0.2, 0) is 24.6 Å². The maximum atomic E-state index is 14.4. The lowest BCUT2D eigenvalue weighted by atomic mass is 10.0. The van der Waals surface area contributed by atoms with Gasteiger partial charge >= 0.3 is 7.82 Å². The molecule has 1 unspecified atom stereocenters. The van der Waals surface area contributed by atoms with Crippen LogP contribution in [0.1, 0.15) is 157 Å². The number of rotatable bonds is 27. The van der Waals surface area contributed by atoms with Crippen molar-refractivity contribution in [2.24, 2.45) is 0 Å². The molecule has 0 spiro atoms. The summed E-state index contributed by atoms with van der Waals surface area (Å²) in [7, 11) is -0.100. The minimum absolute atomic E-state index is 0.0965. The molecule has 0 fully saturated rings. The van der Waals surface area contributed by atoms with Crippen LogP contribution in [0.5, 0.6) is 0 Å². The standard InChI is InChI=1S/C34H63O4PS2/c1-8-11-14-16-18-24-32(25-19-17-15-12-9-2)37-39(35,38-34(6,7)28-22-13-10-3)36-29-27-31-23-20-21-26-33(31)41-40-30(4)5/h20-21,23,26,30,32H,8-19,22,24-25,27-29H2,1-7H3. The van der Waals surface area contributed by atoms with Crippen molar-refractivity contribution in [1.29, 1.82) is 0 Å². The first-order valence-corrected chi connectivity index (χ1v) is 20.4. The minimum Gasteiger partial charge on any atom is -0.287 e. The average molecular weight is 631 g/mol. The van der Waals surface area contributed by atoms with Crippen molar-refractivity contribution in [2.75, 3.05) is 6.61 Å². The predicted octanol–water partition coefficient (Wildman–Crippen LogP) is 13.0. The minimum atomic E-state index is -3.76. The van der Waals surface area contributed by atoms with Crippen LogP contribution in [0.3, 0.4) is 0 Å². The molecule has 0 saturated heterocycles. The van der Waals surface area contributed by atoms with Gasteiger partial charge in [-0.1, -0.05) is 158 Å². The second-order valence-corrected chi connectivity index (χ2v) is 16.7. The number of benzene rings is 1. The fourth-order valence-electron chi connectivity index (χ4n) is 4.82. The summed E-state index contributed by atoms with van der Waals surface area (Å²) in [5, 5.41) is 0.544. The van der Waals surface area contributed by atoms with E-state index in [1.807, 2.05) is 24.6 Å². The summed E-state index contributed by atoms with van der Waals surface area (Å²) >= 11 is 0. The number of hydrogen-bond donors (Lipinski definition) is 0. The zero-order valence-corrected chi connectivity index (χ0v) is 30.1. The van der Waals surface area contributed by atoms with Gasteiger partial charge in [0, 0.05) is 10.1 Å². The summed E-state index contributed by atoms with van der Waals surface area (Å²) in [4.78, 5) is 1.24. The Kier molecular flexibility index (Phi) is 22.3. The molecule has 41 heavy (non-hydrogen) atoms. The van der Waals surface area contributed by atoms with Crippen LogP contribution in [-0.4, -0.2) is 23.6 Å². The lowest BCUT2D eigenvalue weighted by Gasteiger charge is -2.32. The number of unbranched alkanes of at least 4 members (excludes halogenated alkanes) is 10. The van der Waals surface area contributed by atoms with Gasteiger partial charge in [-0.05, 0) is 51.2 Å². The molecule has 7 heteroatoms. The molecule has 0 aliphatic carbocycles. The zero-order valence-electron chi connectivity index (χ0n) is 27.6. The lowest BCUT2D eigenvalue weighted by Crippen LogP contribution is -2.26. The van der Waals surface area contributed by atoms with Crippen molar-refractivity contribution >= 4 is 29.4 Å². The maximum absolute atomic E-state index is 14.4. The smallest absolute Gasteiger partial charge is 0.287 e. The molecule has 0 bridgehead atoms. The van der Waals surface area contributed by atoms with Gasteiger partial charge in [0.2, 0.25) is 0 Å². The second kappa shape index (κ2) is 23.4.